The van der Waals surface area contributed by atoms with Gasteiger partial charge < -0.3 is 17.0 Å². The molecule has 29 heavy (non-hydrogen) atoms. The van der Waals surface area contributed by atoms with Crippen molar-refractivity contribution in [3.63, 3.8) is 0 Å². The maximum atomic E-state index is 12.7. The number of aromatic nitrogens is 2. The molecule has 0 saturated heterocycles. The fourth-order valence-electron chi connectivity index (χ4n) is 3.55. The smallest absolute Gasteiger partial charge is 0.269 e. The lowest BCUT2D eigenvalue weighted by Gasteiger charge is -2.01. The first kappa shape index (κ1) is 21.5. The van der Waals surface area contributed by atoms with Gasteiger partial charge in [0.25, 0.3) is 11.5 Å². The van der Waals surface area contributed by atoms with Gasteiger partial charge in [0, 0.05) is 23.3 Å². The van der Waals surface area contributed by atoms with Crippen LogP contribution in [0.4, 0.5) is 5.69 Å². The van der Waals surface area contributed by atoms with Gasteiger partial charge in [-0.3, -0.25) is 14.9 Å². The van der Waals surface area contributed by atoms with Gasteiger partial charge in [0.05, 0.1) is 27.9 Å². The first-order valence-corrected chi connectivity index (χ1v) is 9.54. The highest BCUT2D eigenvalue weighted by Crippen LogP contribution is 2.30. The van der Waals surface area contributed by atoms with E-state index in [2.05, 4.69) is 4.57 Å². The van der Waals surface area contributed by atoms with E-state index in [9.17, 15) is 14.9 Å². The zero-order valence-corrected chi connectivity index (χ0v) is 18.2. The largest absolute Gasteiger partial charge is 1.00 e. The number of Topliss-reactive ketones (excluding diaryl/α,β-unsaturated/α-hetero) is 1. The van der Waals surface area contributed by atoms with Crippen LogP contribution < -0.4 is 21.5 Å². The minimum atomic E-state index is -0.479. The molecule has 0 unspecified atom stereocenters. The first-order valence-electron chi connectivity index (χ1n) is 8.79. The van der Waals surface area contributed by atoms with Gasteiger partial charge in [0.2, 0.25) is 5.78 Å². The Balaban J connectivity index is 0.00000240. The summed E-state index contributed by atoms with van der Waals surface area (Å²) >= 11 is 12.2. The van der Waals surface area contributed by atoms with E-state index < -0.39 is 4.92 Å². The van der Waals surface area contributed by atoms with Crippen molar-refractivity contribution < 1.29 is 31.3 Å². The van der Waals surface area contributed by atoms with E-state index in [0.29, 0.717) is 15.6 Å². The van der Waals surface area contributed by atoms with E-state index in [1.165, 1.54) is 24.3 Å². The summed E-state index contributed by atoms with van der Waals surface area (Å²) < 4.78 is 4.15. The number of nitrogens with zero attached hydrogens (tertiary/aromatic N) is 3. The predicted octanol–water partition coefficient (Wildman–Crippen LogP) is 1.49. The summed E-state index contributed by atoms with van der Waals surface area (Å²) in [7, 11) is 0. The number of nitro benzene ring substituents is 1. The van der Waals surface area contributed by atoms with Crippen molar-refractivity contribution in [2.45, 2.75) is 25.9 Å². The molecule has 0 bridgehead atoms. The molecule has 1 aliphatic rings. The van der Waals surface area contributed by atoms with Gasteiger partial charge in [0.15, 0.2) is 12.2 Å². The van der Waals surface area contributed by atoms with Crippen molar-refractivity contribution in [3.8, 4) is 11.3 Å². The molecule has 0 atom stereocenters. The summed E-state index contributed by atoms with van der Waals surface area (Å²) in [6.07, 6.45) is 3.85. The lowest BCUT2D eigenvalue weighted by molar-refractivity contribution is -0.689. The molecule has 9 heteroatoms. The Bertz CT molecular complexity index is 1100. The van der Waals surface area contributed by atoms with E-state index in [4.69, 9.17) is 23.2 Å². The molecule has 1 aromatic heterocycles. The van der Waals surface area contributed by atoms with Crippen LogP contribution in [0.15, 0.2) is 48.7 Å². The predicted molar refractivity (Wildman–Crippen MR) is 106 cm³/mol. The molecule has 2 heterocycles. The van der Waals surface area contributed by atoms with E-state index in [0.717, 1.165) is 36.5 Å². The number of non-ortho nitro benzene ring substituents is 1. The van der Waals surface area contributed by atoms with E-state index in [-0.39, 0.29) is 35.0 Å². The SMILES string of the molecule is O=C(C[n+]1cc(-c2ccc(Cl)c(Cl)c2)n2c1CCC2)c1ccc([N+](=O)[O-])cc1.[Br-]. The number of carbonyl (C=O) groups is 1. The van der Waals surface area contributed by atoms with E-state index in [1.807, 2.05) is 22.9 Å². The average molecular weight is 497 g/mol. The molecule has 0 radical (unpaired) electrons. The van der Waals surface area contributed by atoms with Crippen molar-refractivity contribution in [1.82, 2.24) is 4.57 Å². The van der Waals surface area contributed by atoms with Crippen LogP contribution in [0.25, 0.3) is 11.3 Å². The molecular weight excluding hydrogens is 481 g/mol. The Labute approximate surface area is 187 Å². The molecule has 150 valence electrons. The van der Waals surface area contributed by atoms with Gasteiger partial charge in [0.1, 0.15) is 6.20 Å². The Morgan fingerprint density at radius 1 is 1.14 bits per heavy atom. The number of hydrogen-bond donors (Lipinski definition) is 0. The average Bonchev–Trinajstić information content (AvgIpc) is 3.28. The number of carbonyl (C=O) groups excluding carboxylic acids is 1. The summed E-state index contributed by atoms with van der Waals surface area (Å²) in [5.41, 5.74) is 2.35. The van der Waals surface area contributed by atoms with Crippen LogP contribution in [0, 0.1) is 10.1 Å². The molecule has 4 rings (SSSR count). The Morgan fingerprint density at radius 3 is 2.52 bits per heavy atom. The van der Waals surface area contributed by atoms with Crippen molar-refractivity contribution in [2.24, 2.45) is 0 Å². The van der Waals surface area contributed by atoms with Gasteiger partial charge in [-0.05, 0) is 36.8 Å². The van der Waals surface area contributed by atoms with Gasteiger partial charge in [-0.1, -0.05) is 23.2 Å². The monoisotopic (exact) mass is 495 g/mol. The highest BCUT2D eigenvalue weighted by Gasteiger charge is 2.30. The van der Waals surface area contributed by atoms with Crippen LogP contribution in [0.2, 0.25) is 10.0 Å². The third kappa shape index (κ3) is 4.22. The number of halogens is 3. The molecule has 0 aliphatic carbocycles. The first-order chi connectivity index (χ1) is 13.4. The molecule has 1 aliphatic heterocycles. The second-order valence-electron chi connectivity index (χ2n) is 6.67. The number of ketones is 1. The summed E-state index contributed by atoms with van der Waals surface area (Å²) in [4.78, 5) is 23.0. The van der Waals surface area contributed by atoms with Crippen molar-refractivity contribution in [1.29, 1.82) is 0 Å². The molecule has 0 spiro atoms. The van der Waals surface area contributed by atoms with Gasteiger partial charge in [-0.15, -0.1) is 0 Å². The van der Waals surface area contributed by atoms with Gasteiger partial charge >= 0.3 is 0 Å². The molecular formula is C20H16BrCl2N3O3. The summed E-state index contributed by atoms with van der Waals surface area (Å²) in [5.74, 6) is 0.984. The zero-order chi connectivity index (χ0) is 19.8. The van der Waals surface area contributed by atoms with E-state index in [1.54, 1.807) is 6.07 Å². The molecule has 2 aromatic carbocycles. The van der Waals surface area contributed by atoms with Crippen molar-refractivity contribution >= 4 is 34.7 Å². The standard InChI is InChI=1S/C20H16Cl2N3O3.BrH/c21-16-8-5-14(10-17(16)22)18-11-23(20-2-1-9-24(18)20)12-19(26)13-3-6-15(7-4-13)25(27)28;/h3-8,10-11H,1-2,9,12H2;1H/q+1;/p-1. The zero-order valence-electron chi connectivity index (χ0n) is 15.1. The minimum Gasteiger partial charge on any atom is -1.00 e. The maximum absolute atomic E-state index is 12.7. The lowest BCUT2D eigenvalue weighted by Crippen LogP contribution is -3.00. The summed E-state index contributed by atoms with van der Waals surface area (Å²) in [6, 6.07) is 11.2. The van der Waals surface area contributed by atoms with Crippen LogP contribution in [-0.2, 0) is 19.5 Å². The van der Waals surface area contributed by atoms with Crippen molar-refractivity contribution in [3.05, 3.63) is 80.2 Å². The van der Waals surface area contributed by atoms with Crippen LogP contribution in [0.1, 0.15) is 22.6 Å². The molecule has 0 N–H and O–H groups in total. The summed E-state index contributed by atoms with van der Waals surface area (Å²) in [5, 5.41) is 11.8. The highest BCUT2D eigenvalue weighted by atomic mass is 79.9. The van der Waals surface area contributed by atoms with Crippen LogP contribution in [-0.4, -0.2) is 15.3 Å². The molecule has 3 aromatic rings. The fourth-order valence-corrected chi connectivity index (χ4v) is 3.85. The second-order valence-corrected chi connectivity index (χ2v) is 7.48. The van der Waals surface area contributed by atoms with E-state index >= 15 is 0 Å². The quantitative estimate of drug-likeness (QED) is 0.232. The molecule has 6 nitrogen and oxygen atoms in total. The van der Waals surface area contributed by atoms with Gasteiger partial charge in [-0.25, -0.2) is 9.13 Å². The van der Waals surface area contributed by atoms with Gasteiger partial charge in [-0.2, -0.15) is 0 Å². The Morgan fingerprint density at radius 2 is 1.86 bits per heavy atom. The number of rotatable bonds is 5. The Kier molecular flexibility index (Phi) is 6.41. The fraction of sp³-hybridized carbons (Fsp3) is 0.200. The molecule has 0 amide bonds. The second kappa shape index (κ2) is 8.65. The highest BCUT2D eigenvalue weighted by molar-refractivity contribution is 6.42. The van der Waals surface area contributed by atoms with Crippen LogP contribution >= 0.6 is 23.2 Å². The normalized spacial score (nSPS) is 12.3. The number of hydrogen-bond acceptors (Lipinski definition) is 3. The van der Waals surface area contributed by atoms with Crippen LogP contribution in [0.3, 0.4) is 0 Å². The topological polar surface area (TPSA) is 69.0 Å². The number of nitro groups is 1. The molecule has 0 saturated carbocycles. The Hall–Kier alpha value is -2.22. The third-order valence-corrected chi connectivity index (χ3v) is 5.66. The lowest BCUT2D eigenvalue weighted by atomic mass is 10.1. The van der Waals surface area contributed by atoms with Crippen molar-refractivity contribution in [2.75, 3.05) is 0 Å². The number of benzene rings is 2. The number of fused-ring (bicyclic) bond motifs is 1. The summed E-state index contributed by atoms with van der Waals surface area (Å²) in [6.45, 7) is 1.05. The maximum Gasteiger partial charge on any atom is 0.269 e. The minimum absolute atomic E-state index is 0. The number of imidazole rings is 1. The van der Waals surface area contributed by atoms with Crippen LogP contribution in [0.5, 0.6) is 0 Å². The molecule has 0 fully saturated rings. The third-order valence-electron chi connectivity index (χ3n) is 4.92.